The number of piperazine rings is 1. The molecule has 4 aromatic carbocycles. The van der Waals surface area contributed by atoms with Crippen LogP contribution in [0.1, 0.15) is 53.1 Å². The molecule has 11 nitrogen and oxygen atoms in total. The zero-order valence-electron chi connectivity index (χ0n) is 29.0. The lowest BCUT2D eigenvalue weighted by atomic mass is 9.99. The molecule has 3 aliphatic heterocycles. The summed E-state index contributed by atoms with van der Waals surface area (Å²) in [6.45, 7) is 5.47. The van der Waals surface area contributed by atoms with Gasteiger partial charge in [-0.2, -0.15) is 0 Å². The van der Waals surface area contributed by atoms with E-state index in [2.05, 4.69) is 39.4 Å². The molecule has 0 bridgehead atoms. The number of carbonyl (C=O) groups excluding carboxylic acids is 3. The molecule has 4 unspecified atom stereocenters. The molecule has 3 saturated heterocycles. The lowest BCUT2D eigenvalue weighted by molar-refractivity contribution is -0.253. The normalized spacial score (nSPS) is 22.8. The first kappa shape index (κ1) is 35.5. The van der Waals surface area contributed by atoms with Crippen LogP contribution in [0.25, 0.3) is 0 Å². The Morgan fingerprint density at radius 1 is 0.769 bits per heavy atom. The number of benzene rings is 4. The number of hydrogen-bond acceptors (Lipinski definition) is 9. The Bertz CT molecular complexity index is 1820. The Hall–Kier alpha value is -4.91. The van der Waals surface area contributed by atoms with Gasteiger partial charge in [0, 0.05) is 51.3 Å². The molecule has 2 N–H and O–H groups in total. The summed E-state index contributed by atoms with van der Waals surface area (Å²) < 4.78 is 18.5. The van der Waals surface area contributed by atoms with Crippen LogP contribution in [-0.4, -0.2) is 77.7 Å². The standard InChI is InChI=1S/C41H44N4O7/c46-27-30-14-16-32(17-15-30)37-23-35(26-44-20-18-43(19-21-44)25-29-8-3-1-4-9-29)51-40(52-37)33-12-7-13-34(22-33)45-38(47)24-36(39(45)48)42-41(49)50-28-31-10-5-2-6-11-31/h1-17,22,35-37,40,46H,18-21,23-28H2,(H,42,49). The zero-order chi connectivity index (χ0) is 35.9. The predicted octanol–water partition coefficient (Wildman–Crippen LogP) is 5.10. The number of carbonyl (C=O) groups is 3. The number of nitrogens with one attached hydrogen (secondary N) is 1. The first-order valence-corrected chi connectivity index (χ1v) is 17.8. The Labute approximate surface area is 303 Å². The molecule has 4 atom stereocenters. The van der Waals surface area contributed by atoms with Crippen LogP contribution in [0.3, 0.4) is 0 Å². The number of ether oxygens (including phenoxy) is 3. The molecule has 3 amide bonds. The third-order valence-electron chi connectivity index (χ3n) is 9.84. The average molecular weight is 705 g/mol. The molecule has 11 heteroatoms. The van der Waals surface area contributed by atoms with Gasteiger partial charge >= 0.3 is 6.09 Å². The number of imide groups is 1. The van der Waals surface area contributed by atoms with Gasteiger partial charge in [0.2, 0.25) is 5.91 Å². The van der Waals surface area contributed by atoms with Gasteiger partial charge in [0.1, 0.15) is 12.6 Å². The van der Waals surface area contributed by atoms with Crippen molar-refractivity contribution in [2.45, 2.75) is 57.1 Å². The van der Waals surface area contributed by atoms with Gasteiger partial charge < -0.3 is 24.6 Å². The molecule has 3 aliphatic rings. The molecular formula is C41H44N4O7. The van der Waals surface area contributed by atoms with Crippen molar-refractivity contribution in [2.75, 3.05) is 37.6 Å². The van der Waals surface area contributed by atoms with Crippen molar-refractivity contribution >= 4 is 23.6 Å². The van der Waals surface area contributed by atoms with E-state index in [1.165, 1.54) is 5.56 Å². The van der Waals surface area contributed by atoms with Crippen LogP contribution in [-0.2, 0) is 43.6 Å². The summed E-state index contributed by atoms with van der Waals surface area (Å²) >= 11 is 0. The number of anilines is 1. The lowest BCUT2D eigenvalue weighted by Gasteiger charge is -2.41. The maximum Gasteiger partial charge on any atom is 0.408 e. The lowest BCUT2D eigenvalue weighted by Crippen LogP contribution is -2.49. The predicted molar refractivity (Wildman–Crippen MR) is 194 cm³/mol. The molecular weight excluding hydrogens is 660 g/mol. The van der Waals surface area contributed by atoms with E-state index in [1.807, 2.05) is 66.7 Å². The number of aliphatic hydroxyl groups excluding tert-OH is 1. The fraction of sp³-hybridized carbons (Fsp3) is 0.341. The van der Waals surface area contributed by atoms with Crippen molar-refractivity contribution in [2.24, 2.45) is 0 Å². The largest absolute Gasteiger partial charge is 0.445 e. The van der Waals surface area contributed by atoms with Crippen LogP contribution in [0.2, 0.25) is 0 Å². The van der Waals surface area contributed by atoms with Crippen molar-refractivity contribution in [3.63, 3.8) is 0 Å². The summed E-state index contributed by atoms with van der Waals surface area (Å²) in [5, 5.41) is 12.1. The highest BCUT2D eigenvalue weighted by Gasteiger charge is 2.41. The van der Waals surface area contributed by atoms with E-state index in [1.54, 1.807) is 18.2 Å². The highest BCUT2D eigenvalue weighted by atomic mass is 16.7. The number of alkyl carbamates (subject to hydrolysis) is 1. The van der Waals surface area contributed by atoms with Crippen molar-refractivity contribution in [3.05, 3.63) is 137 Å². The van der Waals surface area contributed by atoms with Crippen molar-refractivity contribution < 1.29 is 33.7 Å². The molecule has 52 heavy (non-hydrogen) atoms. The van der Waals surface area contributed by atoms with Crippen molar-refractivity contribution in [3.8, 4) is 0 Å². The highest BCUT2D eigenvalue weighted by molar-refractivity contribution is 6.22. The highest BCUT2D eigenvalue weighted by Crippen LogP contribution is 2.39. The van der Waals surface area contributed by atoms with E-state index in [9.17, 15) is 19.5 Å². The average Bonchev–Trinajstić information content (AvgIpc) is 3.46. The first-order chi connectivity index (χ1) is 25.4. The second-order valence-corrected chi connectivity index (χ2v) is 13.5. The van der Waals surface area contributed by atoms with Gasteiger partial charge in [0.15, 0.2) is 6.29 Å². The minimum atomic E-state index is -1.04. The zero-order valence-corrected chi connectivity index (χ0v) is 29.0. The molecule has 7 rings (SSSR count). The fourth-order valence-corrected chi connectivity index (χ4v) is 7.03. The molecule has 0 radical (unpaired) electrons. The Morgan fingerprint density at radius 3 is 2.17 bits per heavy atom. The van der Waals surface area contributed by atoms with Crippen molar-refractivity contribution in [1.29, 1.82) is 0 Å². The maximum atomic E-state index is 13.4. The maximum absolute atomic E-state index is 13.4. The Kier molecular flexibility index (Phi) is 11.3. The number of amides is 3. The van der Waals surface area contributed by atoms with Crippen LogP contribution in [0.4, 0.5) is 10.5 Å². The molecule has 0 aromatic heterocycles. The molecule has 3 heterocycles. The van der Waals surface area contributed by atoms with Gasteiger partial charge in [-0.15, -0.1) is 0 Å². The fourth-order valence-electron chi connectivity index (χ4n) is 7.03. The quantitative estimate of drug-likeness (QED) is 0.206. The summed E-state index contributed by atoms with van der Waals surface area (Å²) in [7, 11) is 0. The van der Waals surface area contributed by atoms with Crippen LogP contribution in [0.5, 0.6) is 0 Å². The minimum absolute atomic E-state index is 0.0393. The van der Waals surface area contributed by atoms with Gasteiger partial charge in [-0.25, -0.2) is 9.69 Å². The molecule has 3 fully saturated rings. The van der Waals surface area contributed by atoms with E-state index in [0.717, 1.165) is 60.9 Å². The Morgan fingerprint density at radius 2 is 1.46 bits per heavy atom. The first-order valence-electron chi connectivity index (χ1n) is 17.8. The second-order valence-electron chi connectivity index (χ2n) is 13.5. The van der Waals surface area contributed by atoms with E-state index in [4.69, 9.17) is 14.2 Å². The van der Waals surface area contributed by atoms with Crippen LogP contribution in [0, 0.1) is 0 Å². The van der Waals surface area contributed by atoms with E-state index < -0.39 is 30.2 Å². The summed E-state index contributed by atoms with van der Waals surface area (Å²) in [6.07, 6.45) is -1.46. The molecule has 0 aliphatic carbocycles. The second kappa shape index (κ2) is 16.6. The summed E-state index contributed by atoms with van der Waals surface area (Å²) in [5.74, 6) is -0.956. The van der Waals surface area contributed by atoms with Gasteiger partial charge in [-0.05, 0) is 34.4 Å². The summed E-state index contributed by atoms with van der Waals surface area (Å²) in [4.78, 5) is 45.1. The van der Waals surface area contributed by atoms with Crippen LogP contribution in [0.15, 0.2) is 109 Å². The molecule has 0 saturated carbocycles. The topological polar surface area (TPSA) is 121 Å². The monoisotopic (exact) mass is 704 g/mol. The van der Waals surface area contributed by atoms with Crippen LogP contribution < -0.4 is 10.2 Å². The smallest absolute Gasteiger partial charge is 0.408 e. The van der Waals surface area contributed by atoms with E-state index in [0.29, 0.717) is 17.7 Å². The minimum Gasteiger partial charge on any atom is -0.445 e. The number of nitrogens with zero attached hydrogens (tertiary/aromatic N) is 3. The van der Waals surface area contributed by atoms with Gasteiger partial charge in [0.05, 0.1) is 30.9 Å². The third kappa shape index (κ3) is 8.75. The van der Waals surface area contributed by atoms with Crippen LogP contribution >= 0.6 is 0 Å². The summed E-state index contributed by atoms with van der Waals surface area (Å²) in [5.41, 5.74) is 4.98. The number of aliphatic hydroxyl groups is 1. The van der Waals surface area contributed by atoms with E-state index >= 15 is 0 Å². The summed E-state index contributed by atoms with van der Waals surface area (Å²) in [6, 6.07) is 33.5. The van der Waals surface area contributed by atoms with E-state index in [-0.39, 0.29) is 31.8 Å². The SMILES string of the molecule is O=C(NC1CC(=O)N(c2cccc(C3OC(CN4CCN(Cc5ccccc5)CC4)CC(c4ccc(CO)cc4)O3)c2)C1=O)OCc1ccccc1. The van der Waals surface area contributed by atoms with Gasteiger partial charge in [0.25, 0.3) is 5.91 Å². The number of rotatable bonds is 11. The molecule has 4 aromatic rings. The number of hydrogen-bond donors (Lipinski definition) is 2. The molecule has 0 spiro atoms. The van der Waals surface area contributed by atoms with Crippen molar-refractivity contribution in [1.82, 2.24) is 15.1 Å². The molecule has 270 valence electrons. The third-order valence-corrected chi connectivity index (χ3v) is 9.84. The van der Waals surface area contributed by atoms with Gasteiger partial charge in [-0.1, -0.05) is 97.1 Å². The Balaban J connectivity index is 1.02. The van der Waals surface area contributed by atoms with Gasteiger partial charge in [-0.3, -0.25) is 19.4 Å².